The smallest absolute Gasteiger partial charge is 0.223 e. The van der Waals surface area contributed by atoms with Gasteiger partial charge in [-0.05, 0) is 32.2 Å². The van der Waals surface area contributed by atoms with Crippen molar-refractivity contribution >= 4 is 18.3 Å². The highest BCUT2D eigenvalue weighted by atomic mass is 35.5. The summed E-state index contributed by atoms with van der Waals surface area (Å²) in [5.74, 6) is 0.410. The summed E-state index contributed by atoms with van der Waals surface area (Å²) in [5, 5.41) is 6.44. The fourth-order valence-electron chi connectivity index (χ4n) is 2.25. The van der Waals surface area contributed by atoms with Crippen molar-refractivity contribution in [3.05, 3.63) is 0 Å². The quantitative estimate of drug-likeness (QED) is 0.757. The molecule has 0 aliphatic carbocycles. The molecule has 0 radical (unpaired) electrons. The van der Waals surface area contributed by atoms with Crippen LogP contribution in [-0.4, -0.2) is 38.3 Å². The molecular formula is C11H21ClN2O2. The molecule has 94 valence electrons. The summed E-state index contributed by atoms with van der Waals surface area (Å²) in [6.07, 6.45) is 4.04. The number of hydrogen-bond donors (Lipinski definition) is 2. The van der Waals surface area contributed by atoms with Gasteiger partial charge in [0, 0.05) is 31.7 Å². The molecule has 16 heavy (non-hydrogen) atoms. The minimum atomic E-state index is 0. The zero-order valence-corrected chi connectivity index (χ0v) is 10.4. The van der Waals surface area contributed by atoms with Crippen LogP contribution in [-0.2, 0) is 9.53 Å². The lowest BCUT2D eigenvalue weighted by atomic mass is 9.98. The maximum Gasteiger partial charge on any atom is 0.223 e. The maximum atomic E-state index is 11.9. The fraction of sp³-hybridized carbons (Fsp3) is 0.909. The lowest BCUT2D eigenvalue weighted by molar-refractivity contribution is -0.128. The summed E-state index contributed by atoms with van der Waals surface area (Å²) in [7, 11) is 0. The lowest BCUT2D eigenvalue weighted by Crippen LogP contribution is -2.48. The van der Waals surface area contributed by atoms with Crippen molar-refractivity contribution in [1.82, 2.24) is 10.6 Å². The van der Waals surface area contributed by atoms with Crippen LogP contribution in [0.25, 0.3) is 0 Å². The molecule has 1 amide bonds. The number of hydrogen-bond acceptors (Lipinski definition) is 3. The molecule has 2 saturated heterocycles. The lowest BCUT2D eigenvalue weighted by Gasteiger charge is -2.27. The second-order valence-corrected chi connectivity index (χ2v) is 4.44. The third-order valence-electron chi connectivity index (χ3n) is 3.24. The first kappa shape index (κ1) is 13.7. The molecule has 0 aromatic carbocycles. The average Bonchev–Trinajstić information content (AvgIpc) is 2.31. The number of piperidine rings is 1. The van der Waals surface area contributed by atoms with Gasteiger partial charge in [0.05, 0.1) is 0 Å². The van der Waals surface area contributed by atoms with E-state index < -0.39 is 0 Å². The molecular weight excluding hydrogens is 228 g/mol. The largest absolute Gasteiger partial charge is 0.381 e. The van der Waals surface area contributed by atoms with Crippen molar-refractivity contribution in [2.75, 3.05) is 26.3 Å². The number of ether oxygens (including phenoxy) is 1. The Morgan fingerprint density at radius 3 is 2.62 bits per heavy atom. The Morgan fingerprint density at radius 1 is 1.25 bits per heavy atom. The first-order valence-electron chi connectivity index (χ1n) is 5.95. The second kappa shape index (κ2) is 7.09. The van der Waals surface area contributed by atoms with Crippen LogP contribution in [0.15, 0.2) is 0 Å². The number of nitrogens with one attached hydrogen (secondary N) is 2. The average molecular weight is 249 g/mol. The van der Waals surface area contributed by atoms with Gasteiger partial charge < -0.3 is 15.4 Å². The predicted octanol–water partition coefficient (Wildman–Crippen LogP) is 0.703. The van der Waals surface area contributed by atoms with Crippen molar-refractivity contribution in [1.29, 1.82) is 0 Å². The van der Waals surface area contributed by atoms with E-state index in [1.165, 1.54) is 6.42 Å². The van der Waals surface area contributed by atoms with Crippen LogP contribution >= 0.6 is 12.4 Å². The van der Waals surface area contributed by atoms with E-state index in [1.54, 1.807) is 0 Å². The van der Waals surface area contributed by atoms with Crippen molar-refractivity contribution in [2.24, 2.45) is 5.92 Å². The molecule has 2 N–H and O–H groups in total. The molecule has 0 bridgehead atoms. The van der Waals surface area contributed by atoms with E-state index >= 15 is 0 Å². The molecule has 0 spiro atoms. The van der Waals surface area contributed by atoms with Gasteiger partial charge in [0.2, 0.25) is 5.91 Å². The fourth-order valence-corrected chi connectivity index (χ4v) is 2.25. The van der Waals surface area contributed by atoms with Gasteiger partial charge in [0.15, 0.2) is 0 Å². The van der Waals surface area contributed by atoms with Gasteiger partial charge in [-0.25, -0.2) is 0 Å². The number of amides is 1. The SMILES string of the molecule is Cl.O=C(N[C@@H]1CCCNC1)C1CCOCC1. The molecule has 5 heteroatoms. The molecule has 0 unspecified atom stereocenters. The molecule has 1 atom stereocenters. The number of rotatable bonds is 2. The zero-order valence-electron chi connectivity index (χ0n) is 9.54. The Labute approximate surface area is 103 Å². The Hall–Kier alpha value is -0.320. The Bertz CT molecular complexity index is 214. The second-order valence-electron chi connectivity index (χ2n) is 4.44. The minimum Gasteiger partial charge on any atom is -0.381 e. The third kappa shape index (κ3) is 3.92. The Morgan fingerprint density at radius 2 is 2.00 bits per heavy atom. The van der Waals surface area contributed by atoms with Gasteiger partial charge in [0.1, 0.15) is 0 Å². The molecule has 2 aliphatic rings. The van der Waals surface area contributed by atoms with Crippen LogP contribution in [0.2, 0.25) is 0 Å². The van der Waals surface area contributed by atoms with E-state index in [-0.39, 0.29) is 24.2 Å². The molecule has 2 rings (SSSR count). The molecule has 2 fully saturated rings. The summed E-state index contributed by atoms with van der Waals surface area (Å²) >= 11 is 0. The van der Waals surface area contributed by atoms with Gasteiger partial charge in [-0.2, -0.15) is 0 Å². The first-order valence-corrected chi connectivity index (χ1v) is 5.95. The highest BCUT2D eigenvalue weighted by molar-refractivity contribution is 5.85. The van der Waals surface area contributed by atoms with E-state index in [1.807, 2.05) is 0 Å². The van der Waals surface area contributed by atoms with E-state index in [0.717, 1.165) is 45.6 Å². The van der Waals surface area contributed by atoms with Crippen molar-refractivity contribution < 1.29 is 9.53 Å². The molecule has 0 aromatic heterocycles. The molecule has 0 saturated carbocycles. The molecule has 4 nitrogen and oxygen atoms in total. The van der Waals surface area contributed by atoms with Crippen molar-refractivity contribution in [3.8, 4) is 0 Å². The summed E-state index contributed by atoms with van der Waals surface area (Å²) in [5.41, 5.74) is 0. The van der Waals surface area contributed by atoms with E-state index in [4.69, 9.17) is 4.74 Å². The standard InChI is InChI=1S/C11H20N2O2.ClH/c14-11(9-3-6-15-7-4-9)13-10-2-1-5-12-8-10;/h9-10,12H,1-8H2,(H,13,14);1H/t10-;/m1./s1. The van der Waals surface area contributed by atoms with Crippen LogP contribution in [0.4, 0.5) is 0 Å². The number of carbonyl (C=O) groups is 1. The maximum absolute atomic E-state index is 11.9. The third-order valence-corrected chi connectivity index (χ3v) is 3.24. The topological polar surface area (TPSA) is 50.4 Å². The highest BCUT2D eigenvalue weighted by Gasteiger charge is 2.24. The van der Waals surface area contributed by atoms with Gasteiger partial charge in [-0.3, -0.25) is 4.79 Å². The Kier molecular flexibility index (Phi) is 6.09. The summed E-state index contributed by atoms with van der Waals surface area (Å²) < 4.78 is 5.25. The van der Waals surface area contributed by atoms with Crippen molar-refractivity contribution in [3.63, 3.8) is 0 Å². The normalized spacial score (nSPS) is 26.9. The summed E-state index contributed by atoms with van der Waals surface area (Å²) in [6, 6.07) is 0.342. The first-order chi connectivity index (χ1) is 7.36. The number of carbonyl (C=O) groups excluding carboxylic acids is 1. The zero-order chi connectivity index (χ0) is 10.5. The number of halogens is 1. The Balaban J connectivity index is 0.00000128. The van der Waals surface area contributed by atoms with Gasteiger partial charge in [-0.15, -0.1) is 12.4 Å². The summed E-state index contributed by atoms with van der Waals surface area (Å²) in [6.45, 7) is 3.49. The van der Waals surface area contributed by atoms with E-state index in [0.29, 0.717) is 6.04 Å². The predicted molar refractivity (Wildman–Crippen MR) is 64.8 cm³/mol. The van der Waals surface area contributed by atoms with Crippen LogP contribution in [0, 0.1) is 5.92 Å². The van der Waals surface area contributed by atoms with Gasteiger partial charge in [-0.1, -0.05) is 0 Å². The molecule has 0 aromatic rings. The molecule has 2 heterocycles. The van der Waals surface area contributed by atoms with Crippen LogP contribution in [0.3, 0.4) is 0 Å². The van der Waals surface area contributed by atoms with Crippen LogP contribution < -0.4 is 10.6 Å². The summed E-state index contributed by atoms with van der Waals surface area (Å²) in [4.78, 5) is 11.9. The van der Waals surface area contributed by atoms with Gasteiger partial charge >= 0.3 is 0 Å². The van der Waals surface area contributed by atoms with Crippen LogP contribution in [0.5, 0.6) is 0 Å². The minimum absolute atomic E-state index is 0. The van der Waals surface area contributed by atoms with E-state index in [2.05, 4.69) is 10.6 Å². The monoisotopic (exact) mass is 248 g/mol. The highest BCUT2D eigenvalue weighted by Crippen LogP contribution is 2.15. The van der Waals surface area contributed by atoms with E-state index in [9.17, 15) is 4.79 Å². The van der Waals surface area contributed by atoms with Crippen molar-refractivity contribution in [2.45, 2.75) is 31.7 Å². The van der Waals surface area contributed by atoms with Gasteiger partial charge in [0.25, 0.3) is 0 Å². The van der Waals surface area contributed by atoms with Crippen LogP contribution in [0.1, 0.15) is 25.7 Å². The molecule has 2 aliphatic heterocycles.